The number of likely N-dealkylation sites (N-methyl/N-ethyl adjacent to an activating group) is 1. The lowest BCUT2D eigenvalue weighted by molar-refractivity contribution is 0.0697. The summed E-state index contributed by atoms with van der Waals surface area (Å²) in [6, 6.07) is 8.92. The largest absolute Gasteiger partial charge is 0.478 e. The third-order valence-corrected chi connectivity index (χ3v) is 4.31. The molecule has 23 heavy (non-hydrogen) atoms. The third kappa shape index (κ3) is 3.56. The quantitative estimate of drug-likeness (QED) is 0.944. The lowest BCUT2D eigenvalue weighted by Crippen LogP contribution is -2.31. The number of nitrogens with zero attached hydrogens (tertiary/aromatic N) is 3. The number of aromatic carboxylic acids is 1. The van der Waals surface area contributed by atoms with Crippen LogP contribution in [0.4, 0.5) is 0 Å². The van der Waals surface area contributed by atoms with E-state index in [0.29, 0.717) is 5.92 Å². The van der Waals surface area contributed by atoms with Crippen molar-refractivity contribution in [3.63, 3.8) is 0 Å². The van der Waals surface area contributed by atoms with Crippen LogP contribution in [0.15, 0.2) is 30.3 Å². The molecule has 1 atom stereocenters. The summed E-state index contributed by atoms with van der Waals surface area (Å²) in [6.07, 6.45) is 2.31. The molecule has 3 rings (SSSR count). The van der Waals surface area contributed by atoms with Crippen LogP contribution in [0.5, 0.6) is 0 Å². The van der Waals surface area contributed by atoms with Gasteiger partial charge in [-0.2, -0.15) is 0 Å². The number of aromatic nitrogens is 2. The van der Waals surface area contributed by atoms with Crippen molar-refractivity contribution in [2.24, 2.45) is 0 Å². The van der Waals surface area contributed by atoms with E-state index in [9.17, 15) is 4.79 Å². The maximum absolute atomic E-state index is 11.2. The summed E-state index contributed by atoms with van der Waals surface area (Å²) < 4.78 is 0. The van der Waals surface area contributed by atoms with Gasteiger partial charge in [-0.15, -0.1) is 0 Å². The maximum atomic E-state index is 11.2. The molecule has 1 aliphatic heterocycles. The minimum Gasteiger partial charge on any atom is -0.478 e. The molecule has 1 aromatic heterocycles. The summed E-state index contributed by atoms with van der Waals surface area (Å²) in [6.45, 7) is 4.03. The minimum absolute atomic E-state index is 0.276. The molecule has 1 saturated heterocycles. The number of carboxylic acids is 1. The Balaban J connectivity index is 1.97. The number of carbonyl (C=O) groups is 1. The number of hydrogen-bond acceptors (Lipinski definition) is 4. The first kappa shape index (κ1) is 15.6. The zero-order valence-electron chi connectivity index (χ0n) is 13.5. The van der Waals surface area contributed by atoms with E-state index in [1.165, 1.54) is 6.42 Å². The van der Waals surface area contributed by atoms with Crippen LogP contribution in [-0.4, -0.2) is 46.1 Å². The molecule has 0 radical (unpaired) electrons. The summed E-state index contributed by atoms with van der Waals surface area (Å²) in [4.78, 5) is 22.6. The molecule has 120 valence electrons. The molecule has 1 aliphatic rings. The van der Waals surface area contributed by atoms with E-state index in [1.807, 2.05) is 19.1 Å². The molecule has 5 nitrogen and oxygen atoms in total. The van der Waals surface area contributed by atoms with Gasteiger partial charge in [-0.05, 0) is 51.6 Å². The van der Waals surface area contributed by atoms with Crippen molar-refractivity contribution in [1.82, 2.24) is 14.9 Å². The molecule has 1 aromatic carbocycles. The number of likely N-dealkylation sites (tertiary alicyclic amines) is 1. The predicted octanol–water partition coefficient (Wildman–Crippen LogP) is 2.96. The van der Waals surface area contributed by atoms with Gasteiger partial charge in [0.25, 0.3) is 0 Å². The highest BCUT2D eigenvalue weighted by Crippen LogP contribution is 2.28. The molecule has 1 N–H and O–H groups in total. The molecule has 5 heteroatoms. The molecular weight excluding hydrogens is 290 g/mol. The SMILES string of the molecule is Cc1nc(-c2cccc(C(=O)O)c2)cc(C2CCCN(C)C2)n1. The van der Waals surface area contributed by atoms with E-state index < -0.39 is 5.97 Å². The summed E-state index contributed by atoms with van der Waals surface area (Å²) in [5.74, 6) is 0.218. The zero-order valence-corrected chi connectivity index (χ0v) is 13.5. The van der Waals surface area contributed by atoms with Gasteiger partial charge < -0.3 is 10.0 Å². The second-order valence-corrected chi connectivity index (χ2v) is 6.21. The molecule has 0 spiro atoms. The molecule has 0 amide bonds. The van der Waals surface area contributed by atoms with Crippen molar-refractivity contribution < 1.29 is 9.90 Å². The van der Waals surface area contributed by atoms with Gasteiger partial charge in [0.2, 0.25) is 0 Å². The van der Waals surface area contributed by atoms with Crippen LogP contribution in [0.2, 0.25) is 0 Å². The van der Waals surface area contributed by atoms with Crippen molar-refractivity contribution >= 4 is 5.97 Å². The van der Waals surface area contributed by atoms with Crippen molar-refractivity contribution in [3.05, 3.63) is 47.4 Å². The van der Waals surface area contributed by atoms with E-state index in [1.54, 1.807) is 18.2 Å². The van der Waals surface area contributed by atoms with Crippen LogP contribution < -0.4 is 0 Å². The number of benzene rings is 1. The molecule has 0 bridgehead atoms. The Bertz CT molecular complexity index is 730. The van der Waals surface area contributed by atoms with Gasteiger partial charge in [0.1, 0.15) is 5.82 Å². The summed E-state index contributed by atoms with van der Waals surface area (Å²) in [5.41, 5.74) is 2.95. The van der Waals surface area contributed by atoms with Gasteiger partial charge >= 0.3 is 5.97 Å². The molecule has 2 aromatic rings. The normalized spacial score (nSPS) is 18.8. The Morgan fingerprint density at radius 3 is 2.87 bits per heavy atom. The fourth-order valence-corrected chi connectivity index (χ4v) is 3.17. The summed E-state index contributed by atoms with van der Waals surface area (Å²) >= 11 is 0. The van der Waals surface area contributed by atoms with Crippen molar-refractivity contribution in [3.8, 4) is 11.3 Å². The third-order valence-electron chi connectivity index (χ3n) is 4.31. The number of carboxylic acid groups (broad SMARTS) is 1. The van der Waals surface area contributed by atoms with Crippen LogP contribution in [-0.2, 0) is 0 Å². The molecule has 0 aliphatic carbocycles. The smallest absolute Gasteiger partial charge is 0.335 e. The first-order valence-corrected chi connectivity index (χ1v) is 7.91. The Morgan fingerprint density at radius 2 is 2.13 bits per heavy atom. The van der Waals surface area contributed by atoms with Crippen LogP contribution >= 0.6 is 0 Å². The average Bonchev–Trinajstić information content (AvgIpc) is 2.54. The van der Waals surface area contributed by atoms with E-state index in [4.69, 9.17) is 5.11 Å². The number of rotatable bonds is 3. The molecular formula is C18H21N3O2. The van der Waals surface area contributed by atoms with E-state index in [-0.39, 0.29) is 5.56 Å². The second-order valence-electron chi connectivity index (χ2n) is 6.21. The van der Waals surface area contributed by atoms with E-state index in [2.05, 4.69) is 21.9 Å². The summed E-state index contributed by atoms with van der Waals surface area (Å²) in [7, 11) is 2.14. The number of aryl methyl sites for hydroxylation is 1. The Labute approximate surface area is 136 Å². The van der Waals surface area contributed by atoms with Crippen LogP contribution in [0.25, 0.3) is 11.3 Å². The highest BCUT2D eigenvalue weighted by molar-refractivity contribution is 5.89. The van der Waals surface area contributed by atoms with Crippen LogP contribution in [0.3, 0.4) is 0 Å². The highest BCUT2D eigenvalue weighted by Gasteiger charge is 2.21. The fourth-order valence-electron chi connectivity index (χ4n) is 3.17. The van der Waals surface area contributed by atoms with Crippen molar-refractivity contribution in [1.29, 1.82) is 0 Å². The Hall–Kier alpha value is -2.27. The fraction of sp³-hybridized carbons (Fsp3) is 0.389. The first-order chi connectivity index (χ1) is 11.0. The Morgan fingerprint density at radius 1 is 1.30 bits per heavy atom. The lowest BCUT2D eigenvalue weighted by atomic mass is 9.94. The molecule has 1 fully saturated rings. The average molecular weight is 311 g/mol. The van der Waals surface area contributed by atoms with Crippen molar-refractivity contribution in [2.75, 3.05) is 20.1 Å². The topological polar surface area (TPSA) is 66.3 Å². The standard InChI is InChI=1S/C18H21N3O2/c1-12-19-16(13-5-3-6-14(9-13)18(22)23)10-17(20-12)15-7-4-8-21(2)11-15/h3,5-6,9-10,15H,4,7-8,11H2,1-2H3,(H,22,23). The van der Waals surface area contributed by atoms with Gasteiger partial charge in [0, 0.05) is 23.7 Å². The van der Waals surface area contributed by atoms with E-state index in [0.717, 1.165) is 42.3 Å². The number of hydrogen-bond donors (Lipinski definition) is 1. The van der Waals surface area contributed by atoms with Crippen LogP contribution in [0.1, 0.15) is 40.6 Å². The Kier molecular flexibility index (Phi) is 4.39. The minimum atomic E-state index is -0.924. The lowest BCUT2D eigenvalue weighted by Gasteiger charge is -2.29. The highest BCUT2D eigenvalue weighted by atomic mass is 16.4. The second kappa shape index (κ2) is 6.46. The summed E-state index contributed by atoms with van der Waals surface area (Å²) in [5, 5.41) is 9.16. The van der Waals surface area contributed by atoms with Gasteiger partial charge in [-0.1, -0.05) is 12.1 Å². The zero-order chi connectivity index (χ0) is 16.4. The van der Waals surface area contributed by atoms with Gasteiger partial charge in [-0.3, -0.25) is 0 Å². The van der Waals surface area contributed by atoms with Gasteiger partial charge in [-0.25, -0.2) is 14.8 Å². The molecule has 0 saturated carbocycles. The van der Waals surface area contributed by atoms with Crippen LogP contribution in [0, 0.1) is 6.92 Å². The number of piperidine rings is 1. The van der Waals surface area contributed by atoms with Crippen molar-refractivity contribution in [2.45, 2.75) is 25.7 Å². The maximum Gasteiger partial charge on any atom is 0.335 e. The monoisotopic (exact) mass is 311 g/mol. The van der Waals surface area contributed by atoms with E-state index >= 15 is 0 Å². The van der Waals surface area contributed by atoms with Gasteiger partial charge in [0.15, 0.2) is 0 Å². The first-order valence-electron chi connectivity index (χ1n) is 7.91. The predicted molar refractivity (Wildman–Crippen MR) is 88.6 cm³/mol. The molecule has 1 unspecified atom stereocenters. The van der Waals surface area contributed by atoms with Gasteiger partial charge in [0.05, 0.1) is 11.3 Å². The molecule has 2 heterocycles.